The van der Waals surface area contributed by atoms with Gasteiger partial charge in [0.2, 0.25) is 5.78 Å². The number of ether oxygens (including phenoxy) is 2. The zero-order valence-corrected chi connectivity index (χ0v) is 19.5. The molecule has 0 saturated heterocycles. The molecule has 30 heavy (non-hydrogen) atoms. The number of hydrogen-bond acceptors (Lipinski definition) is 5. The van der Waals surface area contributed by atoms with Crippen LogP contribution in [0.5, 0.6) is 0 Å². The first-order valence-corrected chi connectivity index (χ1v) is 11.7. The summed E-state index contributed by atoms with van der Waals surface area (Å²) in [7, 11) is 0. The van der Waals surface area contributed by atoms with Crippen LogP contribution < -0.4 is 0 Å². The van der Waals surface area contributed by atoms with Gasteiger partial charge in [-0.05, 0) is 76.5 Å². The molecule has 0 unspecified atom stereocenters. The average molecular weight is 480 g/mol. The molecule has 4 fully saturated rings. The Kier molecular flexibility index (Phi) is 5.62. The minimum Gasteiger partial charge on any atom is -0.462 e. The summed E-state index contributed by atoms with van der Waals surface area (Å²) in [5.41, 5.74) is 1.66. The summed E-state index contributed by atoms with van der Waals surface area (Å²) in [6, 6.07) is 0. The van der Waals surface area contributed by atoms with E-state index >= 15 is 0 Å². The second kappa shape index (κ2) is 7.81. The molecular formula is C23H30BrNO5. The number of esters is 2. The monoisotopic (exact) mass is 479 g/mol. The number of halogens is 1. The van der Waals surface area contributed by atoms with Gasteiger partial charge in [-0.15, -0.1) is 0 Å². The highest BCUT2D eigenvalue weighted by Crippen LogP contribution is 2.65. The predicted molar refractivity (Wildman–Crippen MR) is 115 cm³/mol. The normalized spacial score (nSPS) is 31.6. The summed E-state index contributed by atoms with van der Waals surface area (Å²) in [5, 5.41) is 0. The number of carbonyl (C=O) groups is 3. The fourth-order valence-corrected chi connectivity index (χ4v) is 8.22. The molecule has 0 amide bonds. The van der Waals surface area contributed by atoms with Crippen LogP contribution in [0.2, 0.25) is 0 Å². The second-order valence-electron chi connectivity index (χ2n) is 9.72. The molecular weight excluding hydrogens is 450 g/mol. The molecule has 1 aromatic rings. The molecule has 0 aliphatic heterocycles. The van der Waals surface area contributed by atoms with Crippen LogP contribution in [0.1, 0.15) is 84.0 Å². The maximum Gasteiger partial charge on any atom is 0.340 e. The molecule has 0 aromatic carbocycles. The standard InChI is InChI=1S/C23H30BrNO5/c1-4-29-21(28)20-14(3)25-13(2)19(20)17(26)11-30-18(27)10-22-6-15-5-16(7-22)9-23(24,8-15)12-22/h15-16,25H,4-12H2,1-3H3/t15-,16-,22?,23?/m1/s1. The van der Waals surface area contributed by atoms with Crippen molar-refractivity contribution in [1.82, 2.24) is 4.98 Å². The van der Waals surface area contributed by atoms with E-state index in [9.17, 15) is 14.4 Å². The minimum absolute atomic E-state index is 0.00436. The van der Waals surface area contributed by atoms with Crippen molar-refractivity contribution in [3.63, 3.8) is 0 Å². The number of H-pyrrole nitrogens is 1. The van der Waals surface area contributed by atoms with Gasteiger partial charge in [-0.1, -0.05) is 15.9 Å². The molecule has 4 saturated carbocycles. The maximum absolute atomic E-state index is 12.8. The van der Waals surface area contributed by atoms with Crippen molar-refractivity contribution in [2.45, 2.75) is 70.0 Å². The molecule has 6 nitrogen and oxygen atoms in total. The highest BCUT2D eigenvalue weighted by Gasteiger charge is 2.57. The predicted octanol–water partition coefficient (Wildman–Crippen LogP) is 4.66. The summed E-state index contributed by atoms with van der Waals surface area (Å²) in [6.45, 7) is 5.05. The highest BCUT2D eigenvalue weighted by atomic mass is 79.9. The summed E-state index contributed by atoms with van der Waals surface area (Å²) in [6.07, 6.45) is 7.26. The Balaban J connectivity index is 1.41. The lowest BCUT2D eigenvalue weighted by Crippen LogP contribution is -2.53. The first-order valence-electron chi connectivity index (χ1n) is 10.9. The van der Waals surface area contributed by atoms with Crippen LogP contribution in [0.4, 0.5) is 0 Å². The summed E-state index contributed by atoms with van der Waals surface area (Å²) < 4.78 is 10.7. The van der Waals surface area contributed by atoms with Crippen molar-refractivity contribution in [3.8, 4) is 0 Å². The number of ketones is 1. The molecule has 1 heterocycles. The first-order chi connectivity index (χ1) is 14.1. The molecule has 4 aliphatic rings. The van der Waals surface area contributed by atoms with Gasteiger partial charge in [0.25, 0.3) is 0 Å². The van der Waals surface area contributed by atoms with E-state index in [2.05, 4.69) is 20.9 Å². The van der Waals surface area contributed by atoms with Crippen molar-refractivity contribution < 1.29 is 23.9 Å². The molecule has 7 heteroatoms. The third kappa shape index (κ3) is 3.97. The molecule has 1 aromatic heterocycles. The van der Waals surface area contributed by atoms with Gasteiger partial charge in [-0.2, -0.15) is 0 Å². The molecule has 1 N–H and O–H groups in total. The lowest BCUT2D eigenvalue weighted by atomic mass is 9.49. The van der Waals surface area contributed by atoms with Gasteiger partial charge in [0.05, 0.1) is 24.2 Å². The van der Waals surface area contributed by atoms with E-state index in [0.717, 1.165) is 19.3 Å². The number of alkyl halides is 1. The molecule has 4 aliphatic carbocycles. The number of Topliss-reactive ketones (excluding diaryl/α,β-unsaturated/α-hetero) is 1. The Morgan fingerprint density at radius 3 is 2.27 bits per heavy atom. The molecule has 0 spiro atoms. The van der Waals surface area contributed by atoms with Crippen molar-refractivity contribution in [2.75, 3.05) is 13.2 Å². The van der Waals surface area contributed by atoms with Crippen LogP contribution in [0.25, 0.3) is 0 Å². The van der Waals surface area contributed by atoms with Gasteiger partial charge in [-0.25, -0.2) is 4.79 Å². The van der Waals surface area contributed by atoms with E-state index in [1.165, 1.54) is 19.3 Å². The minimum atomic E-state index is -0.537. The SMILES string of the molecule is CCOC(=O)c1c(C)[nH]c(C)c1C(=O)COC(=O)CC12C[C@H]3C[C@@H](CC(Br)(C3)C1)C2. The molecule has 164 valence electrons. The Labute approximate surface area is 185 Å². The number of carbonyl (C=O) groups excluding carboxylic acids is 3. The Bertz CT molecular complexity index is 874. The van der Waals surface area contributed by atoms with E-state index in [0.29, 0.717) is 29.6 Å². The molecule has 2 atom stereocenters. The van der Waals surface area contributed by atoms with E-state index < -0.39 is 5.97 Å². The highest BCUT2D eigenvalue weighted by molar-refractivity contribution is 9.10. The van der Waals surface area contributed by atoms with Crippen LogP contribution in [-0.4, -0.2) is 40.2 Å². The lowest BCUT2D eigenvalue weighted by Gasteiger charge is -2.60. The quantitative estimate of drug-likeness (QED) is 0.349. The lowest BCUT2D eigenvalue weighted by molar-refractivity contribution is -0.149. The number of nitrogens with one attached hydrogen (secondary N) is 1. The molecule has 0 radical (unpaired) electrons. The average Bonchev–Trinajstić information content (AvgIpc) is 2.91. The third-order valence-corrected chi connectivity index (χ3v) is 8.06. The molecule has 5 rings (SSSR count). The Hall–Kier alpha value is -1.63. The second-order valence-corrected chi connectivity index (χ2v) is 11.4. The summed E-state index contributed by atoms with van der Waals surface area (Å²) >= 11 is 3.97. The van der Waals surface area contributed by atoms with Crippen molar-refractivity contribution in [2.24, 2.45) is 17.3 Å². The van der Waals surface area contributed by atoms with Gasteiger partial charge in [-0.3, -0.25) is 9.59 Å². The van der Waals surface area contributed by atoms with Crippen LogP contribution in [0, 0.1) is 31.1 Å². The van der Waals surface area contributed by atoms with Crippen LogP contribution in [0.15, 0.2) is 0 Å². The van der Waals surface area contributed by atoms with Gasteiger partial charge in [0.1, 0.15) is 0 Å². The van der Waals surface area contributed by atoms with Gasteiger partial charge in [0, 0.05) is 15.7 Å². The third-order valence-electron chi connectivity index (χ3n) is 7.13. The first kappa shape index (κ1) is 21.6. The largest absolute Gasteiger partial charge is 0.462 e. The molecule has 4 bridgehead atoms. The van der Waals surface area contributed by atoms with Crippen molar-refractivity contribution in [3.05, 3.63) is 22.5 Å². The van der Waals surface area contributed by atoms with Crippen LogP contribution in [0.3, 0.4) is 0 Å². The fraction of sp³-hybridized carbons (Fsp3) is 0.696. The van der Waals surface area contributed by atoms with Crippen molar-refractivity contribution in [1.29, 1.82) is 0 Å². The number of rotatable bonds is 7. The smallest absolute Gasteiger partial charge is 0.340 e. The zero-order valence-electron chi connectivity index (χ0n) is 17.9. The number of aryl methyl sites for hydroxylation is 2. The number of hydrogen-bond donors (Lipinski definition) is 1. The van der Waals surface area contributed by atoms with Gasteiger partial charge in [0.15, 0.2) is 6.61 Å². The van der Waals surface area contributed by atoms with Crippen molar-refractivity contribution >= 4 is 33.7 Å². The zero-order chi connectivity index (χ0) is 21.7. The maximum atomic E-state index is 12.8. The fourth-order valence-electron chi connectivity index (χ4n) is 6.71. The van der Waals surface area contributed by atoms with E-state index in [1.54, 1.807) is 20.8 Å². The van der Waals surface area contributed by atoms with Gasteiger partial charge < -0.3 is 14.5 Å². The number of aromatic amines is 1. The van der Waals surface area contributed by atoms with Crippen LogP contribution >= 0.6 is 15.9 Å². The van der Waals surface area contributed by atoms with E-state index in [1.807, 2.05) is 0 Å². The Morgan fingerprint density at radius 1 is 1.03 bits per heavy atom. The summed E-state index contributed by atoms with van der Waals surface area (Å²) in [5.74, 6) is 0.153. The topological polar surface area (TPSA) is 85.5 Å². The van der Waals surface area contributed by atoms with E-state index in [-0.39, 0.29) is 45.8 Å². The van der Waals surface area contributed by atoms with Crippen LogP contribution in [-0.2, 0) is 14.3 Å². The van der Waals surface area contributed by atoms with E-state index in [4.69, 9.17) is 9.47 Å². The van der Waals surface area contributed by atoms with Gasteiger partial charge >= 0.3 is 11.9 Å². The Morgan fingerprint density at radius 2 is 1.67 bits per heavy atom. The summed E-state index contributed by atoms with van der Waals surface area (Å²) in [4.78, 5) is 40.8. The number of aromatic nitrogens is 1.